The van der Waals surface area contributed by atoms with E-state index in [9.17, 15) is 24.1 Å². The van der Waals surface area contributed by atoms with Crippen molar-refractivity contribution in [2.75, 3.05) is 20.4 Å². The van der Waals surface area contributed by atoms with Crippen molar-refractivity contribution in [1.82, 2.24) is 14.6 Å². The number of esters is 1. The predicted octanol–water partition coefficient (Wildman–Crippen LogP) is 0.765. The quantitative estimate of drug-likeness (QED) is 0.278. The number of aliphatic hydroxyl groups is 1. The molecule has 0 aromatic carbocycles. The topological polar surface area (TPSA) is 149 Å². The number of nitrogens with one attached hydrogen (secondary N) is 2. The smallest absolute Gasteiger partial charge is 0.330 e. The van der Waals surface area contributed by atoms with Gasteiger partial charge in [0, 0.05) is 19.3 Å². The number of ether oxygens (including phenoxy) is 2. The summed E-state index contributed by atoms with van der Waals surface area (Å²) in [6.07, 6.45) is 5.43. The van der Waals surface area contributed by atoms with Crippen LogP contribution in [0.15, 0.2) is 34.0 Å². The van der Waals surface area contributed by atoms with Crippen molar-refractivity contribution in [3.8, 4) is 0 Å². The molecule has 1 unspecified atom stereocenters. The summed E-state index contributed by atoms with van der Waals surface area (Å²) in [6, 6.07) is -0.850. The molecule has 0 aliphatic carbocycles. The molecule has 31 heavy (non-hydrogen) atoms. The average molecular weight is 457 g/mol. The highest BCUT2D eigenvalue weighted by molar-refractivity contribution is 7.56. The number of aromatic amines is 1. The Bertz CT molecular complexity index is 999. The second kappa shape index (κ2) is 10.8. The SMILES string of the molecule is C/C=C/C=C/c1cn([C@H]2C[C@@H](O)[C@@H](COP(C)(=O)N[C@@H](C)C(=O)OC)O2)c(=O)[nH]c1=O. The first kappa shape index (κ1) is 25.0. The molecule has 1 saturated heterocycles. The van der Waals surface area contributed by atoms with Crippen LogP contribution in [0.3, 0.4) is 0 Å². The number of rotatable bonds is 9. The summed E-state index contributed by atoms with van der Waals surface area (Å²) in [6.45, 7) is 4.36. The number of carbonyl (C=O) groups excluding carboxylic acids is 1. The number of nitrogens with zero attached hydrogens (tertiary/aromatic N) is 1. The van der Waals surface area contributed by atoms with Crippen LogP contribution in [0.25, 0.3) is 6.08 Å². The fraction of sp³-hybridized carbons (Fsp3) is 0.526. The van der Waals surface area contributed by atoms with Crippen molar-refractivity contribution in [3.05, 3.63) is 50.8 Å². The third kappa shape index (κ3) is 6.84. The van der Waals surface area contributed by atoms with E-state index in [1.54, 1.807) is 24.3 Å². The molecule has 1 aliphatic rings. The highest BCUT2D eigenvalue weighted by atomic mass is 31.2. The summed E-state index contributed by atoms with van der Waals surface area (Å²) >= 11 is 0. The van der Waals surface area contributed by atoms with Gasteiger partial charge < -0.3 is 19.1 Å². The number of hydrogen-bond acceptors (Lipinski definition) is 8. The lowest BCUT2D eigenvalue weighted by atomic mass is 10.2. The van der Waals surface area contributed by atoms with E-state index in [0.717, 1.165) is 0 Å². The van der Waals surface area contributed by atoms with Gasteiger partial charge in [0.25, 0.3) is 13.1 Å². The summed E-state index contributed by atoms with van der Waals surface area (Å²) in [7, 11) is -2.19. The van der Waals surface area contributed by atoms with Crippen molar-refractivity contribution in [2.24, 2.45) is 0 Å². The Balaban J connectivity index is 2.08. The molecule has 0 amide bonds. The minimum atomic E-state index is -3.40. The Morgan fingerprint density at radius 2 is 2.19 bits per heavy atom. The number of H-pyrrole nitrogens is 1. The molecule has 1 aliphatic heterocycles. The van der Waals surface area contributed by atoms with Crippen molar-refractivity contribution in [3.63, 3.8) is 0 Å². The molecule has 2 heterocycles. The summed E-state index contributed by atoms with van der Waals surface area (Å²) in [5.74, 6) is -0.598. The minimum Gasteiger partial charge on any atom is -0.468 e. The Kier molecular flexibility index (Phi) is 8.72. The molecule has 0 radical (unpaired) electrons. The molecular weight excluding hydrogens is 429 g/mol. The standard InChI is InChI=1S/C19H28N3O8P/c1-5-6-7-8-13-10-22(19(26)20-17(13)24)16-9-14(23)15(30-16)11-29-31(4,27)21-12(2)18(25)28-3/h5-8,10,12,14-16,23H,9,11H2,1-4H3,(H,21,27)(H,20,24,26)/b6-5+,8-7+/t12-,14+,15+,16+,31?/m0/s1. The van der Waals surface area contributed by atoms with Crippen molar-refractivity contribution in [2.45, 2.75) is 44.7 Å². The Hall–Kier alpha value is -2.30. The molecule has 0 bridgehead atoms. The minimum absolute atomic E-state index is 0.0675. The summed E-state index contributed by atoms with van der Waals surface area (Å²) < 4.78 is 29.4. The fourth-order valence-corrected chi connectivity index (χ4v) is 4.29. The molecule has 1 fully saturated rings. The third-order valence-electron chi connectivity index (χ3n) is 4.56. The van der Waals surface area contributed by atoms with Gasteiger partial charge in [0.1, 0.15) is 18.4 Å². The lowest BCUT2D eigenvalue weighted by Crippen LogP contribution is -2.34. The molecule has 172 valence electrons. The monoisotopic (exact) mass is 457 g/mol. The van der Waals surface area contributed by atoms with Gasteiger partial charge in [-0.2, -0.15) is 0 Å². The lowest BCUT2D eigenvalue weighted by molar-refractivity contribution is -0.142. The molecule has 0 saturated carbocycles. The van der Waals surface area contributed by atoms with Crippen LogP contribution < -0.4 is 16.3 Å². The first-order valence-corrected chi connectivity index (χ1v) is 11.7. The zero-order valence-corrected chi connectivity index (χ0v) is 18.7. The van der Waals surface area contributed by atoms with Gasteiger partial charge in [-0.25, -0.2) is 9.88 Å². The number of allylic oxidation sites excluding steroid dienone is 3. The van der Waals surface area contributed by atoms with Gasteiger partial charge in [0.2, 0.25) is 0 Å². The van der Waals surface area contributed by atoms with Crippen LogP contribution in [-0.2, 0) is 23.4 Å². The average Bonchev–Trinajstić information content (AvgIpc) is 3.07. The van der Waals surface area contributed by atoms with Gasteiger partial charge in [-0.15, -0.1) is 0 Å². The van der Waals surface area contributed by atoms with Crippen molar-refractivity contribution < 1.29 is 28.5 Å². The molecule has 5 atom stereocenters. The number of methoxy groups -OCH3 is 1. The fourth-order valence-electron chi connectivity index (χ4n) is 2.97. The van der Waals surface area contributed by atoms with Crippen LogP contribution in [0.2, 0.25) is 0 Å². The Morgan fingerprint density at radius 1 is 1.48 bits per heavy atom. The van der Waals surface area contributed by atoms with Crippen LogP contribution >= 0.6 is 7.52 Å². The normalized spacial score (nSPS) is 24.5. The van der Waals surface area contributed by atoms with E-state index in [0.29, 0.717) is 0 Å². The molecule has 12 heteroatoms. The van der Waals surface area contributed by atoms with Gasteiger partial charge in [-0.05, 0) is 19.9 Å². The first-order valence-electron chi connectivity index (χ1n) is 9.64. The van der Waals surface area contributed by atoms with Crippen molar-refractivity contribution in [1.29, 1.82) is 0 Å². The summed E-state index contributed by atoms with van der Waals surface area (Å²) in [4.78, 5) is 37.9. The molecule has 1 aromatic heterocycles. The molecule has 11 nitrogen and oxygen atoms in total. The molecular formula is C19H28N3O8P. The largest absolute Gasteiger partial charge is 0.468 e. The van der Waals surface area contributed by atoms with Crippen LogP contribution in [0.1, 0.15) is 32.1 Å². The van der Waals surface area contributed by atoms with E-state index < -0.39 is 49.2 Å². The second-order valence-corrected chi connectivity index (χ2v) is 9.29. The first-order chi connectivity index (χ1) is 14.6. The maximum Gasteiger partial charge on any atom is 0.330 e. The Morgan fingerprint density at radius 3 is 2.84 bits per heavy atom. The maximum absolute atomic E-state index is 12.5. The van der Waals surface area contributed by atoms with Gasteiger partial charge in [-0.1, -0.05) is 18.2 Å². The molecule has 2 rings (SSSR count). The van der Waals surface area contributed by atoms with Crippen LogP contribution in [-0.4, -0.2) is 59.3 Å². The van der Waals surface area contributed by atoms with E-state index >= 15 is 0 Å². The summed E-state index contributed by atoms with van der Waals surface area (Å²) in [5, 5.41) is 12.9. The maximum atomic E-state index is 12.5. The van der Waals surface area contributed by atoms with Crippen LogP contribution in [0.5, 0.6) is 0 Å². The highest BCUT2D eigenvalue weighted by Gasteiger charge is 2.37. The van der Waals surface area contributed by atoms with Crippen molar-refractivity contribution >= 4 is 19.6 Å². The van der Waals surface area contributed by atoms with E-state index in [1.807, 2.05) is 6.92 Å². The van der Waals surface area contributed by atoms with Gasteiger partial charge in [-0.3, -0.25) is 23.7 Å². The number of aromatic nitrogens is 2. The van der Waals surface area contributed by atoms with E-state index in [1.165, 1.54) is 31.5 Å². The second-order valence-electron chi connectivity index (χ2n) is 7.08. The Labute approximate surface area is 179 Å². The molecule has 1 aromatic rings. The zero-order valence-electron chi connectivity index (χ0n) is 17.8. The van der Waals surface area contributed by atoms with E-state index in [-0.39, 0.29) is 18.6 Å². The van der Waals surface area contributed by atoms with Crippen LogP contribution in [0, 0.1) is 0 Å². The highest BCUT2D eigenvalue weighted by Crippen LogP contribution is 2.40. The zero-order chi connectivity index (χ0) is 23.2. The van der Waals surface area contributed by atoms with Gasteiger partial charge in [0.05, 0.1) is 25.4 Å². The summed E-state index contributed by atoms with van der Waals surface area (Å²) in [5.41, 5.74) is -0.977. The lowest BCUT2D eigenvalue weighted by Gasteiger charge is -2.22. The third-order valence-corrected chi connectivity index (χ3v) is 6.06. The molecule has 3 N–H and O–H groups in total. The number of carbonyl (C=O) groups is 1. The predicted molar refractivity (Wildman–Crippen MR) is 114 cm³/mol. The van der Waals surface area contributed by atoms with Gasteiger partial charge in [0.15, 0.2) is 0 Å². The number of hydrogen-bond donors (Lipinski definition) is 3. The van der Waals surface area contributed by atoms with Crippen LogP contribution in [0.4, 0.5) is 0 Å². The van der Waals surface area contributed by atoms with Gasteiger partial charge >= 0.3 is 11.7 Å². The molecule has 0 spiro atoms. The van der Waals surface area contributed by atoms with E-state index in [4.69, 9.17) is 9.26 Å². The number of aliphatic hydroxyl groups excluding tert-OH is 1. The van der Waals surface area contributed by atoms with E-state index in [2.05, 4.69) is 14.8 Å².